The van der Waals surface area contributed by atoms with Crippen LogP contribution in [0.25, 0.3) is 0 Å². The SMILES string of the molecule is CC(C)(C)C(N)C(=O)c1ccc2c(c1)OCCO2. The molecule has 0 bridgehead atoms. The van der Waals surface area contributed by atoms with Crippen LogP contribution < -0.4 is 15.2 Å². The Bertz CT molecular complexity index is 463. The molecule has 0 fully saturated rings. The minimum Gasteiger partial charge on any atom is -0.486 e. The lowest BCUT2D eigenvalue weighted by Gasteiger charge is -2.26. The molecule has 18 heavy (non-hydrogen) atoms. The van der Waals surface area contributed by atoms with Gasteiger partial charge in [0.2, 0.25) is 0 Å². The Morgan fingerprint density at radius 3 is 2.44 bits per heavy atom. The van der Waals surface area contributed by atoms with Crippen molar-refractivity contribution in [3.63, 3.8) is 0 Å². The molecule has 0 spiro atoms. The Hall–Kier alpha value is -1.55. The van der Waals surface area contributed by atoms with E-state index in [-0.39, 0.29) is 11.2 Å². The van der Waals surface area contributed by atoms with E-state index in [0.29, 0.717) is 30.3 Å². The van der Waals surface area contributed by atoms with Gasteiger partial charge in [0.15, 0.2) is 17.3 Å². The van der Waals surface area contributed by atoms with Gasteiger partial charge in [0.1, 0.15) is 13.2 Å². The van der Waals surface area contributed by atoms with E-state index in [4.69, 9.17) is 15.2 Å². The van der Waals surface area contributed by atoms with E-state index in [9.17, 15) is 4.79 Å². The maximum atomic E-state index is 12.3. The number of rotatable bonds is 2. The third-order valence-corrected chi connectivity index (χ3v) is 3.04. The highest BCUT2D eigenvalue weighted by Crippen LogP contribution is 2.32. The third-order valence-electron chi connectivity index (χ3n) is 3.04. The highest BCUT2D eigenvalue weighted by molar-refractivity contribution is 6.01. The topological polar surface area (TPSA) is 61.6 Å². The first-order valence-electron chi connectivity index (χ1n) is 6.09. The first kappa shape index (κ1) is 12.9. The van der Waals surface area contributed by atoms with Crippen molar-refractivity contribution in [3.8, 4) is 11.5 Å². The summed E-state index contributed by atoms with van der Waals surface area (Å²) in [6, 6.07) is 4.68. The maximum Gasteiger partial charge on any atom is 0.180 e. The molecule has 98 valence electrons. The lowest BCUT2D eigenvalue weighted by molar-refractivity contribution is 0.0900. The summed E-state index contributed by atoms with van der Waals surface area (Å²) in [4.78, 5) is 12.3. The average Bonchev–Trinajstić information content (AvgIpc) is 2.35. The number of Topliss-reactive ketones (excluding diaryl/α,β-unsaturated/α-hetero) is 1. The molecule has 0 saturated carbocycles. The zero-order valence-corrected chi connectivity index (χ0v) is 11.0. The molecule has 2 N–H and O–H groups in total. The van der Waals surface area contributed by atoms with Crippen LogP contribution in [0.15, 0.2) is 18.2 Å². The molecule has 1 aromatic rings. The zero-order chi connectivity index (χ0) is 13.3. The van der Waals surface area contributed by atoms with E-state index in [2.05, 4.69) is 0 Å². The molecule has 0 amide bonds. The maximum absolute atomic E-state index is 12.3. The largest absolute Gasteiger partial charge is 0.486 e. The van der Waals surface area contributed by atoms with E-state index in [1.54, 1.807) is 18.2 Å². The van der Waals surface area contributed by atoms with Crippen molar-refractivity contribution in [1.29, 1.82) is 0 Å². The highest BCUT2D eigenvalue weighted by atomic mass is 16.6. The summed E-state index contributed by atoms with van der Waals surface area (Å²) < 4.78 is 10.9. The molecule has 4 nitrogen and oxygen atoms in total. The van der Waals surface area contributed by atoms with Crippen molar-refractivity contribution in [3.05, 3.63) is 23.8 Å². The number of carbonyl (C=O) groups excluding carboxylic acids is 1. The van der Waals surface area contributed by atoms with Crippen LogP contribution in [0.1, 0.15) is 31.1 Å². The molecule has 1 unspecified atom stereocenters. The first-order valence-corrected chi connectivity index (χ1v) is 6.09. The van der Waals surface area contributed by atoms with Crippen LogP contribution in [-0.2, 0) is 0 Å². The van der Waals surface area contributed by atoms with Gasteiger partial charge < -0.3 is 15.2 Å². The van der Waals surface area contributed by atoms with Crippen molar-refractivity contribution in [2.45, 2.75) is 26.8 Å². The molecule has 1 aliphatic heterocycles. The van der Waals surface area contributed by atoms with Crippen molar-refractivity contribution < 1.29 is 14.3 Å². The predicted molar refractivity (Wildman–Crippen MR) is 69.2 cm³/mol. The number of nitrogens with two attached hydrogens (primary N) is 1. The number of ether oxygens (including phenoxy) is 2. The number of benzene rings is 1. The second-order valence-corrected chi connectivity index (χ2v) is 5.57. The van der Waals surface area contributed by atoms with Crippen LogP contribution in [0.2, 0.25) is 0 Å². The second-order valence-electron chi connectivity index (χ2n) is 5.57. The Morgan fingerprint density at radius 2 is 1.83 bits per heavy atom. The summed E-state index contributed by atoms with van der Waals surface area (Å²) in [5.74, 6) is 1.23. The molecule has 1 aromatic carbocycles. The molecular formula is C14H19NO3. The van der Waals surface area contributed by atoms with E-state index in [1.165, 1.54) is 0 Å². The number of fused-ring (bicyclic) bond motifs is 1. The van der Waals surface area contributed by atoms with Crippen molar-refractivity contribution in [2.24, 2.45) is 11.1 Å². The van der Waals surface area contributed by atoms with Crippen molar-refractivity contribution in [1.82, 2.24) is 0 Å². The van der Waals surface area contributed by atoms with Crippen molar-refractivity contribution >= 4 is 5.78 Å². The molecule has 2 rings (SSSR count). The number of ketones is 1. The fourth-order valence-corrected chi connectivity index (χ4v) is 1.77. The predicted octanol–water partition coefficient (Wildman–Crippen LogP) is 2.01. The minimum atomic E-state index is -0.528. The summed E-state index contributed by atoms with van der Waals surface area (Å²) in [6.45, 7) is 6.91. The normalized spacial score (nSPS) is 16.2. The van der Waals surface area contributed by atoms with Crippen LogP contribution in [0.4, 0.5) is 0 Å². The van der Waals surface area contributed by atoms with Gasteiger partial charge in [-0.1, -0.05) is 20.8 Å². The lowest BCUT2D eigenvalue weighted by atomic mass is 9.83. The highest BCUT2D eigenvalue weighted by Gasteiger charge is 2.29. The fraction of sp³-hybridized carbons (Fsp3) is 0.500. The molecule has 4 heteroatoms. The van der Waals surface area contributed by atoms with E-state index in [0.717, 1.165) is 0 Å². The molecule has 0 aromatic heterocycles. The van der Waals surface area contributed by atoms with Crippen LogP contribution in [0, 0.1) is 5.41 Å². The molecule has 0 aliphatic carbocycles. The molecule has 1 heterocycles. The fourth-order valence-electron chi connectivity index (χ4n) is 1.77. The van der Waals surface area contributed by atoms with Gasteiger partial charge in [0.05, 0.1) is 6.04 Å². The smallest absolute Gasteiger partial charge is 0.180 e. The Labute approximate surface area is 107 Å². The summed E-state index contributed by atoms with van der Waals surface area (Å²) in [5, 5.41) is 0. The standard InChI is InChI=1S/C14H19NO3/c1-14(2,3)13(15)12(16)9-4-5-10-11(8-9)18-7-6-17-10/h4-5,8,13H,6-7,15H2,1-3H3. The van der Waals surface area contributed by atoms with Gasteiger partial charge in [-0.15, -0.1) is 0 Å². The number of hydrogen-bond donors (Lipinski definition) is 1. The van der Waals surface area contributed by atoms with E-state index < -0.39 is 6.04 Å². The van der Waals surface area contributed by atoms with Crippen LogP contribution in [0.5, 0.6) is 11.5 Å². The van der Waals surface area contributed by atoms with Crippen LogP contribution >= 0.6 is 0 Å². The van der Waals surface area contributed by atoms with Crippen molar-refractivity contribution in [2.75, 3.05) is 13.2 Å². The van der Waals surface area contributed by atoms with Gasteiger partial charge in [-0.05, 0) is 23.6 Å². The van der Waals surface area contributed by atoms with Crippen LogP contribution in [-0.4, -0.2) is 25.0 Å². The Morgan fingerprint density at radius 1 is 1.22 bits per heavy atom. The first-order chi connectivity index (χ1) is 8.39. The van der Waals surface area contributed by atoms with Gasteiger partial charge in [-0.3, -0.25) is 4.79 Å². The molecule has 0 radical (unpaired) electrons. The van der Waals surface area contributed by atoms with E-state index >= 15 is 0 Å². The number of hydrogen-bond acceptors (Lipinski definition) is 4. The van der Waals surface area contributed by atoms with Gasteiger partial charge >= 0.3 is 0 Å². The third kappa shape index (κ3) is 2.48. The zero-order valence-electron chi connectivity index (χ0n) is 11.0. The summed E-state index contributed by atoms with van der Waals surface area (Å²) >= 11 is 0. The van der Waals surface area contributed by atoms with Crippen LogP contribution in [0.3, 0.4) is 0 Å². The Balaban J connectivity index is 2.26. The molecule has 1 aliphatic rings. The average molecular weight is 249 g/mol. The molecule has 1 atom stereocenters. The van der Waals surface area contributed by atoms with Gasteiger partial charge in [0.25, 0.3) is 0 Å². The van der Waals surface area contributed by atoms with Gasteiger partial charge in [-0.25, -0.2) is 0 Å². The molecular weight excluding hydrogens is 230 g/mol. The molecule has 0 saturated heterocycles. The lowest BCUT2D eigenvalue weighted by Crippen LogP contribution is -2.42. The van der Waals surface area contributed by atoms with E-state index in [1.807, 2.05) is 20.8 Å². The monoisotopic (exact) mass is 249 g/mol. The summed E-state index contributed by atoms with van der Waals surface area (Å²) in [5.41, 5.74) is 6.29. The van der Waals surface area contributed by atoms with Gasteiger partial charge in [-0.2, -0.15) is 0 Å². The minimum absolute atomic E-state index is 0.0699. The summed E-state index contributed by atoms with van der Waals surface area (Å²) in [7, 11) is 0. The summed E-state index contributed by atoms with van der Waals surface area (Å²) in [6.07, 6.45) is 0. The quantitative estimate of drug-likeness (QED) is 0.814. The number of carbonyl (C=O) groups is 1. The Kier molecular flexibility index (Phi) is 3.30. The van der Waals surface area contributed by atoms with Gasteiger partial charge in [0, 0.05) is 5.56 Å². The second kappa shape index (κ2) is 4.61.